The Hall–Kier alpha value is -0.170. The summed E-state index contributed by atoms with van der Waals surface area (Å²) >= 11 is -0.748. The van der Waals surface area contributed by atoms with Gasteiger partial charge in [0.05, 0.1) is 0 Å². The van der Waals surface area contributed by atoms with Crippen molar-refractivity contribution >= 4 is 12.1 Å². The molecule has 1 unspecified atom stereocenters. The van der Waals surface area contributed by atoms with Gasteiger partial charge in [-0.25, -0.2) is 0 Å². The van der Waals surface area contributed by atoms with Gasteiger partial charge in [0.1, 0.15) is 0 Å². The SMILES string of the molecule is CC(C)C1=NN(C)C=NC1(C)C[I-]O. The molecule has 0 aromatic rings. The summed E-state index contributed by atoms with van der Waals surface area (Å²) in [6.45, 7) is 6.27. The summed E-state index contributed by atoms with van der Waals surface area (Å²) in [5, 5.41) is 6.19. The minimum atomic E-state index is -0.748. The molecule has 14 heavy (non-hydrogen) atoms. The number of halogens is 1. The van der Waals surface area contributed by atoms with Crippen LogP contribution in [0.2, 0.25) is 0 Å². The van der Waals surface area contributed by atoms with Crippen molar-refractivity contribution in [2.75, 3.05) is 11.5 Å². The molecule has 4 nitrogen and oxygen atoms in total. The molecule has 1 atom stereocenters. The molecule has 0 bridgehead atoms. The fourth-order valence-electron chi connectivity index (χ4n) is 1.54. The average Bonchev–Trinajstić information content (AvgIpc) is 2.10. The number of hydrazone groups is 1. The molecular formula is C9H17IN3O-. The summed E-state index contributed by atoms with van der Waals surface area (Å²) in [5.41, 5.74) is 0.791. The molecule has 0 fully saturated rings. The first-order chi connectivity index (χ1) is 6.49. The van der Waals surface area contributed by atoms with Crippen molar-refractivity contribution in [2.45, 2.75) is 26.3 Å². The van der Waals surface area contributed by atoms with E-state index in [4.69, 9.17) is 3.44 Å². The standard InChI is InChI=1S/C9H17IN3O/c1-7(2)8-9(3,5-10-14)11-6-13(4)12-8/h6-7,14H,5H2,1-4H3/q-1. The third-order valence-corrected chi connectivity index (χ3v) is 4.02. The number of rotatable bonds is 3. The first-order valence-corrected chi connectivity index (χ1v) is 7.08. The first kappa shape index (κ1) is 11.9. The zero-order chi connectivity index (χ0) is 10.8. The van der Waals surface area contributed by atoms with E-state index in [0.29, 0.717) is 5.92 Å². The molecule has 1 heterocycles. The van der Waals surface area contributed by atoms with Crippen LogP contribution in [0, 0.1) is 5.92 Å². The van der Waals surface area contributed by atoms with Crippen molar-refractivity contribution in [3.63, 3.8) is 0 Å². The molecule has 1 N–H and O–H groups in total. The molecular weight excluding hydrogens is 293 g/mol. The van der Waals surface area contributed by atoms with Crippen LogP contribution in [0.25, 0.3) is 0 Å². The number of alkyl halides is 1. The van der Waals surface area contributed by atoms with E-state index in [-0.39, 0.29) is 5.54 Å². The Morgan fingerprint density at radius 2 is 2.29 bits per heavy atom. The summed E-state index contributed by atoms with van der Waals surface area (Å²) in [5.74, 6) is 0.371. The monoisotopic (exact) mass is 310 g/mol. The van der Waals surface area contributed by atoms with E-state index in [9.17, 15) is 0 Å². The predicted molar refractivity (Wildman–Crippen MR) is 54.0 cm³/mol. The van der Waals surface area contributed by atoms with Gasteiger partial charge in [0, 0.05) is 0 Å². The third-order valence-electron chi connectivity index (χ3n) is 2.19. The van der Waals surface area contributed by atoms with Gasteiger partial charge in [0.2, 0.25) is 0 Å². The Morgan fingerprint density at radius 3 is 2.79 bits per heavy atom. The van der Waals surface area contributed by atoms with Crippen LogP contribution in [0.15, 0.2) is 10.1 Å². The Balaban J connectivity index is 2.94. The number of aliphatic imine (C=N–C) groups is 1. The van der Waals surface area contributed by atoms with Gasteiger partial charge in [-0.2, -0.15) is 0 Å². The quantitative estimate of drug-likeness (QED) is 0.472. The maximum absolute atomic E-state index is 9.12. The van der Waals surface area contributed by atoms with E-state index >= 15 is 0 Å². The number of hydrogen-bond donors (Lipinski definition) is 1. The summed E-state index contributed by atoms with van der Waals surface area (Å²) in [6, 6.07) is 0. The van der Waals surface area contributed by atoms with Crippen molar-refractivity contribution in [3.8, 4) is 0 Å². The van der Waals surface area contributed by atoms with Gasteiger partial charge >= 0.3 is 95.9 Å². The van der Waals surface area contributed by atoms with E-state index in [1.54, 1.807) is 11.3 Å². The van der Waals surface area contributed by atoms with Gasteiger partial charge in [-0.3, -0.25) is 0 Å². The van der Waals surface area contributed by atoms with Gasteiger partial charge in [0.15, 0.2) is 0 Å². The number of hydrogen-bond acceptors (Lipinski definition) is 4. The molecule has 82 valence electrons. The average molecular weight is 310 g/mol. The zero-order valence-electron chi connectivity index (χ0n) is 9.03. The zero-order valence-corrected chi connectivity index (χ0v) is 11.2. The van der Waals surface area contributed by atoms with Crippen LogP contribution in [0.5, 0.6) is 0 Å². The Labute approximate surface area is 95.9 Å². The second-order valence-corrected chi connectivity index (χ2v) is 5.43. The van der Waals surface area contributed by atoms with Crippen molar-refractivity contribution in [1.29, 1.82) is 0 Å². The van der Waals surface area contributed by atoms with E-state index in [0.717, 1.165) is 10.1 Å². The van der Waals surface area contributed by atoms with Crippen LogP contribution < -0.4 is 21.6 Å². The molecule has 0 saturated heterocycles. The molecule has 0 spiro atoms. The van der Waals surface area contributed by atoms with Crippen molar-refractivity contribution < 1.29 is 25.1 Å². The van der Waals surface area contributed by atoms with Crippen LogP contribution in [0.1, 0.15) is 20.8 Å². The normalized spacial score (nSPS) is 27.3. The predicted octanol–water partition coefficient (Wildman–Crippen LogP) is -2.27. The summed E-state index contributed by atoms with van der Waals surface area (Å²) in [6.07, 6.45) is 1.73. The second kappa shape index (κ2) is 4.57. The molecule has 0 aromatic heterocycles. The second-order valence-electron chi connectivity index (χ2n) is 3.99. The van der Waals surface area contributed by atoms with E-state index in [1.807, 2.05) is 14.0 Å². The topological polar surface area (TPSA) is 48.2 Å². The van der Waals surface area contributed by atoms with Crippen LogP contribution in [-0.2, 0) is 0 Å². The Kier molecular flexibility index (Phi) is 3.88. The molecule has 0 aliphatic carbocycles. The van der Waals surface area contributed by atoms with Crippen molar-refractivity contribution in [1.82, 2.24) is 5.01 Å². The van der Waals surface area contributed by atoms with E-state index < -0.39 is 21.6 Å². The van der Waals surface area contributed by atoms with Gasteiger partial charge in [-0.15, -0.1) is 0 Å². The third kappa shape index (κ3) is 2.44. The fraction of sp³-hybridized carbons (Fsp3) is 0.778. The fourth-order valence-corrected chi connectivity index (χ4v) is 2.79. The van der Waals surface area contributed by atoms with Crippen molar-refractivity contribution in [3.05, 3.63) is 0 Å². The van der Waals surface area contributed by atoms with E-state index in [2.05, 4.69) is 23.9 Å². The van der Waals surface area contributed by atoms with Crippen LogP contribution in [-0.4, -0.2) is 37.5 Å². The van der Waals surface area contributed by atoms with Crippen LogP contribution in [0.3, 0.4) is 0 Å². The Bertz CT molecular complexity index is 265. The molecule has 1 aliphatic rings. The van der Waals surface area contributed by atoms with Crippen molar-refractivity contribution in [2.24, 2.45) is 16.0 Å². The number of nitrogens with zero attached hydrogens (tertiary/aromatic N) is 3. The molecule has 0 aromatic carbocycles. The summed E-state index contributed by atoms with van der Waals surface area (Å²) in [7, 11) is 1.87. The van der Waals surface area contributed by atoms with Crippen LogP contribution in [0.4, 0.5) is 0 Å². The van der Waals surface area contributed by atoms with Gasteiger partial charge < -0.3 is 0 Å². The van der Waals surface area contributed by atoms with Crippen LogP contribution >= 0.6 is 0 Å². The molecule has 0 amide bonds. The molecule has 0 radical (unpaired) electrons. The molecule has 0 saturated carbocycles. The molecule has 5 heteroatoms. The molecule has 1 aliphatic heterocycles. The maximum atomic E-state index is 9.12. The minimum absolute atomic E-state index is 0.275. The Morgan fingerprint density at radius 1 is 1.64 bits per heavy atom. The first-order valence-electron chi connectivity index (χ1n) is 4.59. The summed E-state index contributed by atoms with van der Waals surface area (Å²) < 4.78 is 9.86. The van der Waals surface area contributed by atoms with E-state index in [1.165, 1.54) is 0 Å². The molecule has 1 rings (SSSR count). The summed E-state index contributed by atoms with van der Waals surface area (Å²) in [4.78, 5) is 4.47. The van der Waals surface area contributed by atoms with Gasteiger partial charge in [-0.1, -0.05) is 0 Å². The van der Waals surface area contributed by atoms with Gasteiger partial charge in [-0.05, 0) is 0 Å². The van der Waals surface area contributed by atoms with Gasteiger partial charge in [0.25, 0.3) is 0 Å².